The van der Waals surface area contributed by atoms with Crippen molar-refractivity contribution in [1.82, 2.24) is 0 Å². The first-order chi connectivity index (χ1) is 30.4. The van der Waals surface area contributed by atoms with E-state index in [1.807, 2.05) is 0 Å². The molecule has 0 radical (unpaired) electrons. The SMILES string of the molecule is CCCCCCCC/C=C\CCCCCCCC(=O)OCCOCCOCCOCCO[C@@H]1O[C@H](COC(=O)CCCCCCC/C=C\CCCCCCCC)[C@@H](O)[C@H](O)[C@H]1O. The Labute approximate surface area is 377 Å². The molecule has 0 unspecified atom stereocenters. The van der Waals surface area contributed by atoms with Crippen LogP contribution in [0.2, 0.25) is 0 Å². The summed E-state index contributed by atoms with van der Waals surface area (Å²) in [5.41, 5.74) is 0. The topological polar surface area (TPSA) is 159 Å². The van der Waals surface area contributed by atoms with E-state index in [0.29, 0.717) is 39.5 Å². The largest absolute Gasteiger partial charge is 0.463 e. The molecule has 0 saturated carbocycles. The monoisotopic (exact) mass is 885 g/mol. The lowest BCUT2D eigenvalue weighted by Crippen LogP contribution is -2.59. The van der Waals surface area contributed by atoms with Gasteiger partial charge in [-0.15, -0.1) is 0 Å². The van der Waals surface area contributed by atoms with Gasteiger partial charge in [0.1, 0.15) is 37.6 Å². The van der Waals surface area contributed by atoms with Gasteiger partial charge in [-0.1, -0.05) is 141 Å². The summed E-state index contributed by atoms with van der Waals surface area (Å²) in [5, 5.41) is 31.1. The highest BCUT2D eigenvalue weighted by Crippen LogP contribution is 2.23. The maximum absolute atomic E-state index is 12.3. The second kappa shape index (κ2) is 44.3. The third kappa shape index (κ3) is 35.4. The van der Waals surface area contributed by atoms with Gasteiger partial charge in [0.25, 0.3) is 0 Å². The van der Waals surface area contributed by atoms with Crippen LogP contribution >= 0.6 is 0 Å². The molecule has 0 aromatic rings. The molecule has 12 nitrogen and oxygen atoms in total. The van der Waals surface area contributed by atoms with Crippen LogP contribution in [-0.4, -0.2) is 117 Å². The summed E-state index contributed by atoms with van der Waals surface area (Å²) in [6.45, 7) is 6.42. The minimum atomic E-state index is -1.52. The molecule has 1 rings (SSSR count). The van der Waals surface area contributed by atoms with Crippen molar-refractivity contribution < 1.29 is 58.1 Å². The van der Waals surface area contributed by atoms with E-state index in [2.05, 4.69) is 38.2 Å². The summed E-state index contributed by atoms with van der Waals surface area (Å²) in [6.07, 6.45) is 34.5. The Morgan fingerprint density at radius 2 is 0.806 bits per heavy atom. The first kappa shape index (κ1) is 58.1. The first-order valence-electron chi connectivity index (χ1n) is 25.1. The number of esters is 2. The van der Waals surface area contributed by atoms with E-state index in [0.717, 1.165) is 64.2 Å². The lowest BCUT2D eigenvalue weighted by atomic mass is 9.99. The van der Waals surface area contributed by atoms with Crippen LogP contribution in [0, 0.1) is 0 Å². The summed E-state index contributed by atoms with van der Waals surface area (Å²) in [6, 6.07) is 0. The van der Waals surface area contributed by atoms with Crippen molar-refractivity contribution in [2.45, 2.75) is 224 Å². The van der Waals surface area contributed by atoms with Crippen molar-refractivity contribution in [3.8, 4) is 0 Å². The quantitative estimate of drug-likeness (QED) is 0.0302. The number of hydrogen-bond donors (Lipinski definition) is 3. The highest BCUT2D eigenvalue weighted by Gasteiger charge is 2.44. The predicted molar refractivity (Wildman–Crippen MR) is 246 cm³/mol. The average Bonchev–Trinajstić information content (AvgIpc) is 3.27. The Morgan fingerprint density at radius 1 is 0.435 bits per heavy atom. The second-order valence-electron chi connectivity index (χ2n) is 16.8. The van der Waals surface area contributed by atoms with Crippen LogP contribution in [0.3, 0.4) is 0 Å². The third-order valence-electron chi connectivity index (χ3n) is 11.1. The van der Waals surface area contributed by atoms with Crippen molar-refractivity contribution in [3.05, 3.63) is 24.3 Å². The summed E-state index contributed by atoms with van der Waals surface area (Å²) in [4.78, 5) is 24.3. The standard InChI is InChI=1S/C50H92O12/c1-3-5-7-9-11-13-15-17-19-21-23-25-27-29-31-33-45(51)59-41-39-57-37-35-56-36-38-58-40-42-60-50-49(55)48(54)47(53)44(62-50)43-61-46(52)34-32-30-28-26-24-22-20-18-16-14-12-10-8-6-4-2/h17-20,44,47-50,53-55H,3-16,21-43H2,1-2H3/b19-17-,20-18-/t44-,47-,48+,49-,50-/m1/s1. The minimum absolute atomic E-state index is 0.0611. The van der Waals surface area contributed by atoms with Gasteiger partial charge in [0.15, 0.2) is 6.29 Å². The molecule has 0 amide bonds. The van der Waals surface area contributed by atoms with E-state index in [1.165, 1.54) is 103 Å². The molecule has 1 aliphatic rings. The molecule has 5 atom stereocenters. The maximum atomic E-state index is 12.3. The van der Waals surface area contributed by atoms with Crippen LogP contribution in [0.1, 0.15) is 194 Å². The van der Waals surface area contributed by atoms with Gasteiger partial charge in [0.05, 0.1) is 46.2 Å². The van der Waals surface area contributed by atoms with E-state index in [4.69, 9.17) is 33.2 Å². The highest BCUT2D eigenvalue weighted by molar-refractivity contribution is 5.69. The number of aliphatic hydroxyl groups excluding tert-OH is 3. The van der Waals surface area contributed by atoms with Crippen molar-refractivity contribution in [2.75, 3.05) is 59.5 Å². The molecule has 0 bridgehead atoms. The molecule has 1 saturated heterocycles. The Morgan fingerprint density at radius 3 is 1.26 bits per heavy atom. The van der Waals surface area contributed by atoms with Gasteiger partial charge in [-0.2, -0.15) is 0 Å². The number of allylic oxidation sites excluding steroid dienone is 4. The number of unbranched alkanes of at least 4 members (excludes halogenated alkanes) is 22. The zero-order valence-corrected chi connectivity index (χ0v) is 39.4. The van der Waals surface area contributed by atoms with Crippen LogP contribution in [-0.2, 0) is 42.7 Å². The van der Waals surface area contributed by atoms with E-state index in [-0.39, 0.29) is 38.8 Å². The van der Waals surface area contributed by atoms with Gasteiger partial charge in [-0.05, 0) is 64.2 Å². The van der Waals surface area contributed by atoms with Crippen LogP contribution in [0.5, 0.6) is 0 Å². The average molecular weight is 885 g/mol. The molecule has 1 aliphatic heterocycles. The Kier molecular flexibility index (Phi) is 41.5. The maximum Gasteiger partial charge on any atom is 0.305 e. The predicted octanol–water partition coefficient (Wildman–Crippen LogP) is 10.0. The molecule has 12 heteroatoms. The summed E-state index contributed by atoms with van der Waals surface area (Å²) in [7, 11) is 0. The van der Waals surface area contributed by atoms with E-state index < -0.39 is 36.7 Å². The fourth-order valence-corrected chi connectivity index (χ4v) is 7.17. The fraction of sp³-hybridized carbons (Fsp3) is 0.880. The molecule has 1 heterocycles. The van der Waals surface area contributed by atoms with Gasteiger partial charge in [0, 0.05) is 12.8 Å². The minimum Gasteiger partial charge on any atom is -0.463 e. The zero-order valence-electron chi connectivity index (χ0n) is 39.4. The Balaban J connectivity index is 1.95. The number of ether oxygens (including phenoxy) is 7. The molecule has 1 fully saturated rings. The van der Waals surface area contributed by atoms with Gasteiger partial charge in [0.2, 0.25) is 0 Å². The Bertz CT molecular complexity index is 1060. The molecular formula is C50H92O12. The van der Waals surface area contributed by atoms with E-state index in [1.54, 1.807) is 0 Å². The summed E-state index contributed by atoms with van der Waals surface area (Å²) >= 11 is 0. The van der Waals surface area contributed by atoms with Crippen LogP contribution in [0.4, 0.5) is 0 Å². The second-order valence-corrected chi connectivity index (χ2v) is 16.8. The van der Waals surface area contributed by atoms with Gasteiger partial charge >= 0.3 is 11.9 Å². The normalized spacial score (nSPS) is 19.2. The molecular weight excluding hydrogens is 793 g/mol. The lowest BCUT2D eigenvalue weighted by Gasteiger charge is -2.39. The molecule has 62 heavy (non-hydrogen) atoms. The highest BCUT2D eigenvalue weighted by atomic mass is 16.7. The van der Waals surface area contributed by atoms with Gasteiger partial charge in [-0.3, -0.25) is 9.59 Å². The molecule has 0 aromatic heterocycles. The third-order valence-corrected chi connectivity index (χ3v) is 11.1. The molecule has 0 spiro atoms. The van der Waals surface area contributed by atoms with Crippen LogP contribution < -0.4 is 0 Å². The number of aliphatic hydroxyl groups is 3. The molecule has 364 valence electrons. The van der Waals surface area contributed by atoms with E-state index in [9.17, 15) is 24.9 Å². The van der Waals surface area contributed by atoms with E-state index >= 15 is 0 Å². The molecule has 3 N–H and O–H groups in total. The van der Waals surface area contributed by atoms with Crippen molar-refractivity contribution in [1.29, 1.82) is 0 Å². The zero-order chi connectivity index (χ0) is 45.0. The number of carbonyl (C=O) groups excluding carboxylic acids is 2. The van der Waals surface area contributed by atoms with Crippen molar-refractivity contribution in [3.63, 3.8) is 0 Å². The van der Waals surface area contributed by atoms with Crippen LogP contribution in [0.15, 0.2) is 24.3 Å². The number of hydrogen-bond acceptors (Lipinski definition) is 12. The first-order valence-corrected chi connectivity index (χ1v) is 25.1. The fourth-order valence-electron chi connectivity index (χ4n) is 7.17. The lowest BCUT2D eigenvalue weighted by molar-refractivity contribution is -0.303. The Hall–Kier alpha value is -1.90. The van der Waals surface area contributed by atoms with Crippen LogP contribution in [0.25, 0.3) is 0 Å². The van der Waals surface area contributed by atoms with Crippen molar-refractivity contribution >= 4 is 11.9 Å². The number of rotatable bonds is 45. The van der Waals surface area contributed by atoms with Gasteiger partial charge < -0.3 is 48.5 Å². The van der Waals surface area contributed by atoms with Gasteiger partial charge in [-0.25, -0.2) is 0 Å². The summed E-state index contributed by atoms with van der Waals surface area (Å²) < 4.78 is 38.3. The molecule has 0 aromatic carbocycles. The summed E-state index contributed by atoms with van der Waals surface area (Å²) in [5.74, 6) is -0.569. The smallest absolute Gasteiger partial charge is 0.305 e. The van der Waals surface area contributed by atoms with Crippen molar-refractivity contribution in [2.24, 2.45) is 0 Å². The number of carbonyl (C=O) groups is 2. The molecule has 0 aliphatic carbocycles.